The van der Waals surface area contributed by atoms with Gasteiger partial charge in [0.05, 0.1) is 23.2 Å². The highest BCUT2D eigenvalue weighted by Gasteiger charge is 2.36. The monoisotopic (exact) mass is 389 g/mol. The lowest BCUT2D eigenvalue weighted by molar-refractivity contribution is -0.143. The van der Waals surface area contributed by atoms with Gasteiger partial charge in [0, 0.05) is 5.70 Å². The first-order valence-electron chi connectivity index (χ1n) is 8.44. The molecule has 1 atom stereocenters. The third-order valence-electron chi connectivity index (χ3n) is 4.16. The lowest BCUT2D eigenvalue weighted by Gasteiger charge is -2.29. The number of nitrogens with one attached hydrogen (secondary N) is 2. The number of carbonyl (C=O) groups is 1. The van der Waals surface area contributed by atoms with Crippen LogP contribution in [0.25, 0.3) is 0 Å². The van der Waals surface area contributed by atoms with E-state index in [9.17, 15) is 14.0 Å². The van der Waals surface area contributed by atoms with Crippen LogP contribution < -0.4 is 10.9 Å². The number of hydrogen-bond donors (Lipinski definition) is 2. The van der Waals surface area contributed by atoms with Crippen molar-refractivity contribution in [3.8, 4) is 0 Å². The Morgan fingerprint density at radius 1 is 1.37 bits per heavy atom. The van der Waals surface area contributed by atoms with E-state index in [-0.39, 0.29) is 22.8 Å². The van der Waals surface area contributed by atoms with Crippen molar-refractivity contribution in [2.24, 2.45) is 0 Å². The minimum Gasteiger partial charge on any atom is -0.460 e. The van der Waals surface area contributed by atoms with Crippen molar-refractivity contribution in [2.75, 3.05) is 11.6 Å². The Kier molecular flexibility index (Phi) is 5.36. The van der Waals surface area contributed by atoms with Crippen LogP contribution in [0.2, 0.25) is 0 Å². The Bertz CT molecular complexity index is 984. The van der Waals surface area contributed by atoms with Gasteiger partial charge < -0.3 is 15.0 Å². The van der Waals surface area contributed by atoms with Crippen LogP contribution in [0, 0.1) is 5.82 Å². The third-order valence-corrected chi connectivity index (χ3v) is 4.74. The zero-order valence-corrected chi connectivity index (χ0v) is 16.2. The minimum atomic E-state index is -0.782. The largest absolute Gasteiger partial charge is 0.460 e. The number of H-pyrrole nitrogens is 1. The van der Waals surface area contributed by atoms with Gasteiger partial charge in [0.1, 0.15) is 11.6 Å². The van der Waals surface area contributed by atoms with Gasteiger partial charge in [-0.05, 0) is 44.7 Å². The maximum Gasteiger partial charge on any atom is 0.337 e. The smallest absolute Gasteiger partial charge is 0.337 e. The fraction of sp³-hybridized carbons (Fsp3) is 0.316. The number of ether oxygens (including phenoxy) is 1. The standard InChI is InChI=1S/C19H20FN3O3S/c1-9(2)26-18(25)13-10(3)21-16-15(17(24)23-19(22-16)27-4)14(13)11-6-5-7-12(20)8-11/h5-9,14H,1-4H3,(H2,21,22,23,24). The molecule has 0 radical (unpaired) electrons. The molecule has 0 bridgehead atoms. The number of thioether (sulfide) groups is 1. The summed E-state index contributed by atoms with van der Waals surface area (Å²) in [4.78, 5) is 32.7. The lowest BCUT2D eigenvalue weighted by Crippen LogP contribution is -2.31. The summed E-state index contributed by atoms with van der Waals surface area (Å²) in [5.74, 6) is -1.43. The number of aromatic amines is 1. The average molecular weight is 389 g/mol. The minimum absolute atomic E-state index is 0.264. The fourth-order valence-electron chi connectivity index (χ4n) is 3.10. The zero-order chi connectivity index (χ0) is 19.7. The SMILES string of the molecule is CSc1nc2c(c(=O)[nH]1)C(c1cccc(F)c1)C(C(=O)OC(C)C)=C(C)N2. The molecular formula is C19H20FN3O3S. The van der Waals surface area contributed by atoms with Gasteiger partial charge >= 0.3 is 5.97 Å². The number of aromatic nitrogens is 2. The molecule has 2 aromatic rings. The molecular weight excluding hydrogens is 369 g/mol. The quantitative estimate of drug-likeness (QED) is 0.474. The van der Waals surface area contributed by atoms with Gasteiger partial charge in [-0.1, -0.05) is 23.9 Å². The number of benzene rings is 1. The van der Waals surface area contributed by atoms with Crippen LogP contribution in [0.3, 0.4) is 0 Å². The normalized spacial score (nSPS) is 16.1. The van der Waals surface area contributed by atoms with Crippen LogP contribution in [0.15, 0.2) is 45.5 Å². The highest BCUT2D eigenvalue weighted by Crippen LogP contribution is 2.40. The number of rotatable bonds is 4. The molecule has 1 aliphatic heterocycles. The van der Waals surface area contributed by atoms with E-state index in [4.69, 9.17) is 4.74 Å². The second kappa shape index (κ2) is 7.56. The van der Waals surface area contributed by atoms with Crippen molar-refractivity contribution in [1.29, 1.82) is 0 Å². The molecule has 6 nitrogen and oxygen atoms in total. The number of hydrogen-bond acceptors (Lipinski definition) is 6. The first-order chi connectivity index (χ1) is 12.8. The number of halogens is 1. The van der Waals surface area contributed by atoms with E-state index in [1.54, 1.807) is 39.2 Å². The van der Waals surface area contributed by atoms with Crippen LogP contribution in [-0.2, 0) is 9.53 Å². The Balaban J connectivity index is 2.25. The highest BCUT2D eigenvalue weighted by molar-refractivity contribution is 7.98. The van der Waals surface area contributed by atoms with Gasteiger partial charge in [-0.2, -0.15) is 0 Å². The summed E-state index contributed by atoms with van der Waals surface area (Å²) in [7, 11) is 0. The first-order valence-corrected chi connectivity index (χ1v) is 9.66. The third kappa shape index (κ3) is 3.75. The molecule has 1 unspecified atom stereocenters. The van der Waals surface area contributed by atoms with Crippen LogP contribution in [0.4, 0.5) is 10.2 Å². The molecule has 1 aliphatic rings. The summed E-state index contributed by atoms with van der Waals surface area (Å²) in [5, 5.41) is 3.48. The number of fused-ring (bicyclic) bond motifs is 1. The van der Waals surface area contributed by atoms with Crippen LogP contribution in [0.1, 0.15) is 37.8 Å². The van der Waals surface area contributed by atoms with Crippen molar-refractivity contribution >= 4 is 23.5 Å². The zero-order valence-electron chi connectivity index (χ0n) is 15.4. The van der Waals surface area contributed by atoms with Crippen molar-refractivity contribution in [2.45, 2.75) is 37.9 Å². The molecule has 2 N–H and O–H groups in total. The summed E-state index contributed by atoms with van der Waals surface area (Å²) >= 11 is 1.30. The molecule has 0 spiro atoms. The molecule has 0 amide bonds. The van der Waals surface area contributed by atoms with Gasteiger partial charge in [0.2, 0.25) is 0 Å². The maximum absolute atomic E-state index is 13.9. The molecule has 2 heterocycles. The molecule has 8 heteroatoms. The molecule has 0 aliphatic carbocycles. The Morgan fingerprint density at radius 2 is 2.11 bits per heavy atom. The number of anilines is 1. The summed E-state index contributed by atoms with van der Waals surface area (Å²) < 4.78 is 19.3. The summed E-state index contributed by atoms with van der Waals surface area (Å²) in [6.07, 6.45) is 1.47. The summed E-state index contributed by atoms with van der Waals surface area (Å²) in [6.45, 7) is 5.20. The van der Waals surface area contributed by atoms with E-state index in [0.29, 0.717) is 22.2 Å². The highest BCUT2D eigenvalue weighted by atomic mass is 32.2. The van der Waals surface area contributed by atoms with Crippen LogP contribution in [-0.4, -0.2) is 28.3 Å². The Labute approximate surface area is 160 Å². The van der Waals surface area contributed by atoms with Crippen molar-refractivity contribution in [3.05, 3.63) is 62.8 Å². The van der Waals surface area contributed by atoms with Gasteiger partial charge in [0.15, 0.2) is 5.16 Å². The van der Waals surface area contributed by atoms with E-state index in [0.717, 1.165) is 0 Å². The summed E-state index contributed by atoms with van der Waals surface area (Å²) in [5.41, 5.74) is 1.16. The predicted octanol–water partition coefficient (Wildman–Crippen LogP) is 3.41. The fourth-order valence-corrected chi connectivity index (χ4v) is 3.47. The number of esters is 1. The van der Waals surface area contributed by atoms with E-state index >= 15 is 0 Å². The molecule has 0 saturated heterocycles. The molecule has 27 heavy (non-hydrogen) atoms. The van der Waals surface area contributed by atoms with Gasteiger partial charge in [-0.15, -0.1) is 0 Å². The lowest BCUT2D eigenvalue weighted by atomic mass is 9.82. The molecule has 1 aromatic heterocycles. The van der Waals surface area contributed by atoms with E-state index in [2.05, 4.69) is 15.3 Å². The second-order valence-corrected chi connectivity index (χ2v) is 7.24. The van der Waals surface area contributed by atoms with Crippen molar-refractivity contribution in [1.82, 2.24) is 9.97 Å². The van der Waals surface area contributed by atoms with Crippen molar-refractivity contribution in [3.63, 3.8) is 0 Å². The summed E-state index contributed by atoms with van der Waals surface area (Å²) in [6, 6.07) is 5.86. The van der Waals surface area contributed by atoms with Gasteiger partial charge in [-0.25, -0.2) is 14.2 Å². The maximum atomic E-state index is 13.9. The molecule has 0 saturated carbocycles. The predicted molar refractivity (Wildman–Crippen MR) is 102 cm³/mol. The number of nitrogens with zero attached hydrogens (tertiary/aromatic N) is 1. The molecule has 1 aromatic carbocycles. The van der Waals surface area contributed by atoms with Gasteiger partial charge in [-0.3, -0.25) is 4.79 Å². The average Bonchev–Trinajstić information content (AvgIpc) is 2.59. The Morgan fingerprint density at radius 3 is 2.74 bits per heavy atom. The number of carbonyl (C=O) groups excluding carboxylic acids is 1. The molecule has 3 rings (SSSR count). The molecule has 142 valence electrons. The van der Waals surface area contributed by atoms with Crippen LogP contribution in [0.5, 0.6) is 0 Å². The second-order valence-electron chi connectivity index (χ2n) is 6.44. The van der Waals surface area contributed by atoms with Gasteiger partial charge in [0.25, 0.3) is 5.56 Å². The van der Waals surface area contributed by atoms with Crippen LogP contribution >= 0.6 is 11.8 Å². The first kappa shape index (κ1) is 19.2. The van der Waals surface area contributed by atoms with E-state index in [1.807, 2.05) is 0 Å². The topological polar surface area (TPSA) is 84.1 Å². The van der Waals surface area contributed by atoms with Crippen molar-refractivity contribution < 1.29 is 13.9 Å². The van der Waals surface area contributed by atoms with E-state index in [1.165, 1.54) is 23.9 Å². The molecule has 0 fully saturated rings. The number of allylic oxidation sites excluding steroid dienone is 1. The van der Waals surface area contributed by atoms with E-state index < -0.39 is 17.7 Å². The Hall–Kier alpha value is -2.61.